The zero-order valence-electron chi connectivity index (χ0n) is 19.3. The fourth-order valence-corrected chi connectivity index (χ4v) is 4.22. The van der Waals surface area contributed by atoms with E-state index >= 15 is 0 Å². The number of aromatic nitrogens is 3. The van der Waals surface area contributed by atoms with E-state index in [2.05, 4.69) is 20.3 Å². The molecule has 1 aliphatic rings. The van der Waals surface area contributed by atoms with E-state index in [-0.39, 0.29) is 11.8 Å². The Hall–Kier alpha value is -3.55. The maximum absolute atomic E-state index is 12.9. The van der Waals surface area contributed by atoms with E-state index < -0.39 is 0 Å². The van der Waals surface area contributed by atoms with Crippen LogP contribution in [-0.4, -0.2) is 44.8 Å². The molecule has 0 unspecified atom stereocenters. The van der Waals surface area contributed by atoms with Crippen molar-refractivity contribution in [3.8, 4) is 0 Å². The molecule has 2 aromatic heterocycles. The number of carbonyl (C=O) groups excluding carboxylic acids is 2. The summed E-state index contributed by atoms with van der Waals surface area (Å²) < 4.78 is 5.50. The minimum Gasteiger partial charge on any atom is -0.436 e. The van der Waals surface area contributed by atoms with Gasteiger partial charge >= 0.3 is 0 Å². The van der Waals surface area contributed by atoms with Crippen LogP contribution < -0.4 is 5.32 Å². The van der Waals surface area contributed by atoms with Gasteiger partial charge in [-0.25, -0.2) is 15.0 Å². The lowest BCUT2D eigenvalue weighted by Crippen LogP contribution is -2.39. The fraction of sp³-hybridized carbons (Fsp3) is 0.400. The van der Waals surface area contributed by atoms with Gasteiger partial charge in [0.15, 0.2) is 5.89 Å². The van der Waals surface area contributed by atoms with Gasteiger partial charge in [0.05, 0.1) is 17.0 Å². The SMILES string of the molecule is Cc1ncc(C(=O)NCc2ccccc2)c(CC2CCN(C(=O)c3oc(C)nc3C)CC2)n1. The Morgan fingerprint density at radius 3 is 2.48 bits per heavy atom. The van der Waals surface area contributed by atoms with E-state index in [1.165, 1.54) is 0 Å². The third-order valence-corrected chi connectivity index (χ3v) is 6.01. The smallest absolute Gasteiger partial charge is 0.291 e. The van der Waals surface area contributed by atoms with Gasteiger partial charge in [-0.1, -0.05) is 30.3 Å². The van der Waals surface area contributed by atoms with Crippen molar-refractivity contribution >= 4 is 11.8 Å². The molecule has 33 heavy (non-hydrogen) atoms. The second-order valence-corrected chi connectivity index (χ2v) is 8.53. The number of hydrogen-bond acceptors (Lipinski definition) is 6. The minimum absolute atomic E-state index is 0.106. The number of rotatable bonds is 6. The summed E-state index contributed by atoms with van der Waals surface area (Å²) in [5, 5.41) is 2.97. The molecule has 1 N–H and O–H groups in total. The normalized spacial score (nSPS) is 14.3. The van der Waals surface area contributed by atoms with Crippen molar-refractivity contribution in [3.63, 3.8) is 0 Å². The van der Waals surface area contributed by atoms with E-state index in [0.717, 1.165) is 24.1 Å². The van der Waals surface area contributed by atoms with Crippen molar-refractivity contribution in [2.45, 2.75) is 46.6 Å². The first-order chi connectivity index (χ1) is 15.9. The van der Waals surface area contributed by atoms with Crippen molar-refractivity contribution in [3.05, 3.63) is 76.5 Å². The molecule has 3 heterocycles. The molecule has 0 spiro atoms. The summed E-state index contributed by atoms with van der Waals surface area (Å²) in [5.41, 5.74) is 2.94. The van der Waals surface area contributed by atoms with Crippen LogP contribution in [0, 0.1) is 26.7 Å². The minimum atomic E-state index is -0.169. The average molecular weight is 448 g/mol. The molecule has 8 heteroatoms. The largest absolute Gasteiger partial charge is 0.436 e. The van der Waals surface area contributed by atoms with Crippen LogP contribution in [0.5, 0.6) is 0 Å². The number of benzene rings is 1. The topological polar surface area (TPSA) is 101 Å². The molecule has 3 aromatic rings. The average Bonchev–Trinajstić information content (AvgIpc) is 3.16. The summed E-state index contributed by atoms with van der Waals surface area (Å²) in [6.07, 6.45) is 3.98. The molecule has 1 saturated heterocycles. The van der Waals surface area contributed by atoms with Crippen LogP contribution in [0.2, 0.25) is 0 Å². The van der Waals surface area contributed by atoms with E-state index in [9.17, 15) is 9.59 Å². The maximum atomic E-state index is 12.9. The third kappa shape index (κ3) is 5.45. The molecule has 0 bridgehead atoms. The first-order valence-corrected chi connectivity index (χ1v) is 11.3. The summed E-state index contributed by atoms with van der Waals surface area (Å²) in [5.74, 6) is 1.54. The fourth-order valence-electron chi connectivity index (χ4n) is 4.22. The highest BCUT2D eigenvalue weighted by Crippen LogP contribution is 2.24. The zero-order valence-corrected chi connectivity index (χ0v) is 19.3. The van der Waals surface area contributed by atoms with Crippen molar-refractivity contribution in [2.24, 2.45) is 5.92 Å². The Bertz CT molecular complexity index is 1130. The van der Waals surface area contributed by atoms with Gasteiger partial charge in [0.1, 0.15) is 5.82 Å². The Balaban J connectivity index is 1.38. The molecule has 4 rings (SSSR count). The zero-order chi connectivity index (χ0) is 23.4. The van der Waals surface area contributed by atoms with Crippen LogP contribution in [0.1, 0.15) is 62.4 Å². The van der Waals surface area contributed by atoms with Gasteiger partial charge < -0.3 is 14.6 Å². The van der Waals surface area contributed by atoms with Crippen molar-refractivity contribution in [2.75, 3.05) is 13.1 Å². The van der Waals surface area contributed by atoms with Crippen LogP contribution in [-0.2, 0) is 13.0 Å². The quantitative estimate of drug-likeness (QED) is 0.621. The number of nitrogens with one attached hydrogen (secondary N) is 1. The summed E-state index contributed by atoms with van der Waals surface area (Å²) in [4.78, 5) is 40.5. The summed E-state index contributed by atoms with van der Waals surface area (Å²) >= 11 is 0. The maximum Gasteiger partial charge on any atom is 0.291 e. The van der Waals surface area contributed by atoms with Crippen LogP contribution >= 0.6 is 0 Å². The van der Waals surface area contributed by atoms with E-state index in [4.69, 9.17) is 4.42 Å². The molecule has 0 aliphatic carbocycles. The Morgan fingerprint density at radius 2 is 1.82 bits per heavy atom. The Kier molecular flexibility index (Phi) is 6.82. The monoisotopic (exact) mass is 447 g/mol. The number of piperidine rings is 1. The van der Waals surface area contributed by atoms with Gasteiger partial charge in [-0.15, -0.1) is 0 Å². The molecule has 0 saturated carbocycles. The van der Waals surface area contributed by atoms with E-state index in [1.54, 1.807) is 20.0 Å². The number of nitrogens with zero attached hydrogens (tertiary/aromatic N) is 4. The van der Waals surface area contributed by atoms with E-state index in [0.29, 0.717) is 60.7 Å². The third-order valence-electron chi connectivity index (χ3n) is 6.01. The Labute approximate surface area is 193 Å². The molecule has 8 nitrogen and oxygen atoms in total. The lowest BCUT2D eigenvalue weighted by Gasteiger charge is -2.31. The predicted molar refractivity (Wildman–Crippen MR) is 123 cm³/mol. The number of hydrogen-bond donors (Lipinski definition) is 1. The standard InChI is InChI=1S/C25H29N5O3/c1-16-23(33-18(3)28-16)25(32)30-11-9-19(10-12-30)13-22-21(15-26-17(2)29-22)24(31)27-14-20-7-5-4-6-8-20/h4-8,15,19H,9-14H2,1-3H3,(H,27,31). The number of amides is 2. The number of carbonyl (C=O) groups is 2. The first kappa shape index (κ1) is 22.6. The second-order valence-electron chi connectivity index (χ2n) is 8.53. The van der Waals surface area contributed by atoms with Crippen LogP contribution in [0.4, 0.5) is 0 Å². The molecule has 2 amide bonds. The predicted octanol–water partition coefficient (Wildman–Crippen LogP) is 3.41. The lowest BCUT2D eigenvalue weighted by molar-refractivity contribution is 0.0655. The highest BCUT2D eigenvalue weighted by Gasteiger charge is 2.28. The lowest BCUT2D eigenvalue weighted by atomic mass is 9.90. The first-order valence-electron chi connectivity index (χ1n) is 11.3. The van der Waals surface area contributed by atoms with Gasteiger partial charge in [-0.3, -0.25) is 9.59 Å². The van der Waals surface area contributed by atoms with Crippen molar-refractivity contribution in [1.29, 1.82) is 0 Å². The molecular weight excluding hydrogens is 418 g/mol. The summed E-state index contributed by atoms with van der Waals surface area (Å²) in [6, 6.07) is 9.80. The van der Waals surface area contributed by atoms with Crippen LogP contribution in [0.3, 0.4) is 0 Å². The molecule has 172 valence electrons. The second kappa shape index (κ2) is 9.94. The number of aryl methyl sites for hydroxylation is 3. The van der Waals surface area contributed by atoms with Gasteiger partial charge in [-0.05, 0) is 44.6 Å². The molecule has 0 radical (unpaired) electrons. The van der Waals surface area contributed by atoms with Gasteiger partial charge in [0.2, 0.25) is 5.76 Å². The summed E-state index contributed by atoms with van der Waals surface area (Å²) in [7, 11) is 0. The Morgan fingerprint density at radius 1 is 1.09 bits per heavy atom. The van der Waals surface area contributed by atoms with Gasteiger partial charge in [-0.2, -0.15) is 0 Å². The molecule has 1 aliphatic heterocycles. The summed E-state index contributed by atoms with van der Waals surface area (Å²) in [6.45, 7) is 7.10. The molecular formula is C25H29N5O3. The van der Waals surface area contributed by atoms with Gasteiger partial charge in [0.25, 0.3) is 11.8 Å². The van der Waals surface area contributed by atoms with E-state index in [1.807, 2.05) is 42.2 Å². The van der Waals surface area contributed by atoms with Gasteiger partial charge in [0, 0.05) is 32.8 Å². The van der Waals surface area contributed by atoms with Crippen molar-refractivity contribution < 1.29 is 14.0 Å². The van der Waals surface area contributed by atoms with Crippen LogP contribution in [0.15, 0.2) is 40.9 Å². The number of oxazole rings is 1. The highest BCUT2D eigenvalue weighted by molar-refractivity contribution is 5.95. The highest BCUT2D eigenvalue weighted by atomic mass is 16.4. The van der Waals surface area contributed by atoms with Crippen LogP contribution in [0.25, 0.3) is 0 Å². The molecule has 0 atom stereocenters. The molecule has 1 aromatic carbocycles. The number of likely N-dealkylation sites (tertiary alicyclic amines) is 1. The van der Waals surface area contributed by atoms with Crippen molar-refractivity contribution in [1.82, 2.24) is 25.2 Å². The molecule has 1 fully saturated rings.